The Balaban J connectivity index is 1.35. The van der Waals surface area contributed by atoms with E-state index in [4.69, 9.17) is 0 Å². The number of anilines is 1. The number of benzene rings is 3. The molecule has 0 bridgehead atoms. The van der Waals surface area contributed by atoms with Crippen molar-refractivity contribution >= 4 is 44.4 Å². The summed E-state index contributed by atoms with van der Waals surface area (Å²) in [6, 6.07) is 25.1. The molecule has 7 nitrogen and oxygen atoms in total. The molecule has 3 aromatic carbocycles. The number of amides is 3. The minimum Gasteiger partial charge on any atom is -0.347 e. The number of nitrogens with one attached hydrogen (secondary N) is 3. The van der Waals surface area contributed by atoms with E-state index in [1.54, 1.807) is 24.3 Å². The fourth-order valence-electron chi connectivity index (χ4n) is 3.29. The maximum Gasteiger partial charge on any atom is 0.251 e. The Labute approximate surface area is 194 Å². The molecular formula is C25H22N4O3S. The van der Waals surface area contributed by atoms with E-state index >= 15 is 0 Å². The van der Waals surface area contributed by atoms with E-state index in [0.29, 0.717) is 10.7 Å². The lowest BCUT2D eigenvalue weighted by molar-refractivity contribution is -0.124. The Morgan fingerprint density at radius 2 is 1.48 bits per heavy atom. The Kier molecular flexibility index (Phi) is 7.06. The normalized spacial score (nSPS) is 11.5. The van der Waals surface area contributed by atoms with E-state index < -0.39 is 6.04 Å². The van der Waals surface area contributed by atoms with Gasteiger partial charge in [-0.15, -0.1) is 0 Å². The van der Waals surface area contributed by atoms with Crippen LogP contribution in [-0.2, 0) is 9.59 Å². The number of fused-ring (bicyclic) bond motifs is 1. The molecule has 4 rings (SSSR count). The number of aromatic nitrogens is 1. The second kappa shape index (κ2) is 10.5. The first-order valence-corrected chi connectivity index (χ1v) is 11.2. The van der Waals surface area contributed by atoms with Gasteiger partial charge in [0.1, 0.15) is 0 Å². The van der Waals surface area contributed by atoms with Gasteiger partial charge in [-0.1, -0.05) is 72.0 Å². The summed E-state index contributed by atoms with van der Waals surface area (Å²) in [5.41, 5.74) is 2.12. The van der Waals surface area contributed by atoms with Crippen LogP contribution in [0.3, 0.4) is 0 Å². The summed E-state index contributed by atoms with van der Waals surface area (Å²) in [4.78, 5) is 41.9. The van der Waals surface area contributed by atoms with Crippen LogP contribution in [0.15, 0.2) is 84.9 Å². The fourth-order valence-corrected chi connectivity index (χ4v) is 4.18. The van der Waals surface area contributed by atoms with Crippen LogP contribution in [0.4, 0.5) is 5.13 Å². The van der Waals surface area contributed by atoms with Crippen molar-refractivity contribution in [3.63, 3.8) is 0 Å². The first-order valence-electron chi connectivity index (χ1n) is 10.4. The summed E-state index contributed by atoms with van der Waals surface area (Å²) in [7, 11) is 0. The van der Waals surface area contributed by atoms with Gasteiger partial charge in [-0.05, 0) is 29.8 Å². The molecule has 0 spiro atoms. The molecule has 1 heterocycles. The summed E-state index contributed by atoms with van der Waals surface area (Å²) in [6.07, 6.45) is -0.00297. The second-order valence-corrected chi connectivity index (χ2v) is 8.35. The number of hydrogen-bond donors (Lipinski definition) is 3. The minimum absolute atomic E-state index is 0.00297. The first kappa shape index (κ1) is 22.2. The molecule has 0 saturated carbocycles. The van der Waals surface area contributed by atoms with Crippen molar-refractivity contribution in [2.45, 2.75) is 12.5 Å². The van der Waals surface area contributed by atoms with Crippen molar-refractivity contribution in [3.8, 4) is 0 Å². The molecule has 1 unspecified atom stereocenters. The molecule has 1 aromatic heterocycles. The topological polar surface area (TPSA) is 100 Å². The number of rotatable bonds is 8. The third-order valence-electron chi connectivity index (χ3n) is 4.92. The molecule has 4 aromatic rings. The van der Waals surface area contributed by atoms with Crippen LogP contribution in [0.2, 0.25) is 0 Å². The SMILES string of the molecule is O=C(CC(NC(=O)c1ccccc1)c1ccccc1)NCC(=O)Nc1nc2ccccc2s1. The van der Waals surface area contributed by atoms with Gasteiger partial charge >= 0.3 is 0 Å². The van der Waals surface area contributed by atoms with Crippen LogP contribution in [0.1, 0.15) is 28.4 Å². The molecule has 1 atom stereocenters. The Morgan fingerprint density at radius 1 is 0.818 bits per heavy atom. The lowest BCUT2D eigenvalue weighted by Gasteiger charge is -2.19. The molecule has 0 aliphatic carbocycles. The van der Waals surface area contributed by atoms with Crippen molar-refractivity contribution < 1.29 is 14.4 Å². The minimum atomic E-state index is -0.536. The molecular weight excluding hydrogens is 436 g/mol. The highest BCUT2D eigenvalue weighted by Gasteiger charge is 2.20. The van der Waals surface area contributed by atoms with Crippen molar-refractivity contribution in [2.75, 3.05) is 11.9 Å². The summed E-state index contributed by atoms with van der Waals surface area (Å²) in [5.74, 6) is -0.991. The first-order chi connectivity index (χ1) is 16.1. The van der Waals surface area contributed by atoms with Gasteiger partial charge in [0, 0.05) is 5.56 Å². The zero-order valence-electron chi connectivity index (χ0n) is 17.7. The maximum absolute atomic E-state index is 12.6. The smallest absolute Gasteiger partial charge is 0.251 e. The van der Waals surface area contributed by atoms with Gasteiger partial charge in [-0.2, -0.15) is 0 Å². The Morgan fingerprint density at radius 3 is 2.21 bits per heavy atom. The Bertz CT molecular complexity index is 1230. The Hall–Kier alpha value is -4.04. The summed E-state index contributed by atoms with van der Waals surface area (Å²) < 4.78 is 0.969. The highest BCUT2D eigenvalue weighted by atomic mass is 32.1. The van der Waals surface area contributed by atoms with Crippen molar-refractivity contribution in [1.82, 2.24) is 15.6 Å². The zero-order valence-corrected chi connectivity index (χ0v) is 18.5. The number of nitrogens with zero attached hydrogens (tertiary/aromatic N) is 1. The molecule has 0 saturated heterocycles. The average molecular weight is 459 g/mol. The molecule has 166 valence electrons. The fraction of sp³-hybridized carbons (Fsp3) is 0.120. The second-order valence-electron chi connectivity index (χ2n) is 7.32. The van der Waals surface area contributed by atoms with Crippen LogP contribution in [-0.4, -0.2) is 29.3 Å². The van der Waals surface area contributed by atoms with Gasteiger partial charge in [0.15, 0.2) is 5.13 Å². The molecule has 0 fully saturated rings. The van der Waals surface area contributed by atoms with Gasteiger partial charge in [0.2, 0.25) is 11.8 Å². The van der Waals surface area contributed by atoms with Gasteiger partial charge in [0.25, 0.3) is 5.91 Å². The molecule has 33 heavy (non-hydrogen) atoms. The molecule has 3 amide bonds. The summed E-state index contributed by atoms with van der Waals surface area (Å²) in [6.45, 7) is -0.192. The van der Waals surface area contributed by atoms with E-state index in [-0.39, 0.29) is 30.7 Å². The number of thiazole rings is 1. The standard InChI is InChI=1S/C25H22N4O3S/c30-22(26-16-23(31)29-25-28-19-13-7-8-14-21(19)33-25)15-20(17-9-3-1-4-10-17)27-24(32)18-11-5-2-6-12-18/h1-14,20H,15-16H2,(H,26,30)(H,27,32)(H,28,29,31). The van der Waals surface area contributed by atoms with Gasteiger partial charge in [0.05, 0.1) is 29.2 Å². The van der Waals surface area contributed by atoms with E-state index in [2.05, 4.69) is 20.9 Å². The largest absolute Gasteiger partial charge is 0.347 e. The molecule has 0 aliphatic rings. The van der Waals surface area contributed by atoms with Crippen LogP contribution in [0, 0.1) is 0 Å². The average Bonchev–Trinajstić information content (AvgIpc) is 3.25. The van der Waals surface area contributed by atoms with Crippen molar-refractivity contribution in [1.29, 1.82) is 0 Å². The molecule has 8 heteroatoms. The highest BCUT2D eigenvalue weighted by Crippen LogP contribution is 2.25. The summed E-state index contributed by atoms with van der Waals surface area (Å²) in [5, 5.41) is 8.73. The van der Waals surface area contributed by atoms with Crippen LogP contribution in [0.25, 0.3) is 10.2 Å². The highest BCUT2D eigenvalue weighted by molar-refractivity contribution is 7.22. The molecule has 0 radical (unpaired) electrons. The van der Waals surface area contributed by atoms with Crippen LogP contribution < -0.4 is 16.0 Å². The van der Waals surface area contributed by atoms with Gasteiger partial charge in [-0.3, -0.25) is 14.4 Å². The monoisotopic (exact) mass is 458 g/mol. The van der Waals surface area contributed by atoms with E-state index in [1.165, 1.54) is 11.3 Å². The lowest BCUT2D eigenvalue weighted by Crippen LogP contribution is -2.37. The zero-order chi connectivity index (χ0) is 23.0. The molecule has 0 aliphatic heterocycles. The van der Waals surface area contributed by atoms with E-state index in [9.17, 15) is 14.4 Å². The van der Waals surface area contributed by atoms with Crippen LogP contribution in [0.5, 0.6) is 0 Å². The predicted octanol–water partition coefficient (Wildman–Crippen LogP) is 3.91. The van der Waals surface area contributed by atoms with Crippen LogP contribution >= 0.6 is 11.3 Å². The van der Waals surface area contributed by atoms with E-state index in [1.807, 2.05) is 60.7 Å². The number of para-hydroxylation sites is 1. The quantitative estimate of drug-likeness (QED) is 0.373. The maximum atomic E-state index is 12.6. The number of hydrogen-bond acceptors (Lipinski definition) is 5. The lowest BCUT2D eigenvalue weighted by atomic mass is 10.0. The van der Waals surface area contributed by atoms with E-state index in [0.717, 1.165) is 15.8 Å². The van der Waals surface area contributed by atoms with Gasteiger partial charge in [-0.25, -0.2) is 4.98 Å². The number of carbonyl (C=O) groups excluding carboxylic acids is 3. The van der Waals surface area contributed by atoms with Crippen molar-refractivity contribution in [2.24, 2.45) is 0 Å². The van der Waals surface area contributed by atoms with Crippen molar-refractivity contribution in [3.05, 3.63) is 96.1 Å². The third-order valence-corrected chi connectivity index (χ3v) is 5.87. The third kappa shape index (κ3) is 6.02. The summed E-state index contributed by atoms with van der Waals surface area (Å²) >= 11 is 1.37. The predicted molar refractivity (Wildman–Crippen MR) is 129 cm³/mol. The number of carbonyl (C=O) groups is 3. The molecule has 3 N–H and O–H groups in total. The van der Waals surface area contributed by atoms with Gasteiger partial charge < -0.3 is 16.0 Å².